The van der Waals surface area contributed by atoms with Gasteiger partial charge in [-0.1, -0.05) is 26.8 Å². The van der Waals surface area contributed by atoms with Crippen LogP contribution in [0.1, 0.15) is 46.5 Å². The molecule has 37 heavy (non-hydrogen) atoms. The van der Waals surface area contributed by atoms with Gasteiger partial charge in [-0.3, -0.25) is 24.1 Å². The number of carbonyl (C=O) groups excluding carboxylic acids is 2. The molecule has 3 fully saturated rings. The first-order chi connectivity index (χ1) is 17.3. The summed E-state index contributed by atoms with van der Waals surface area (Å²) in [6, 6.07) is 3.35. The van der Waals surface area contributed by atoms with E-state index in [-0.39, 0.29) is 26.0 Å². The quantitative estimate of drug-likeness (QED) is 0.353. The number of likely N-dealkylation sites (tertiary alicyclic amines) is 1. The van der Waals surface area contributed by atoms with Gasteiger partial charge in [0, 0.05) is 25.5 Å². The molecule has 2 bridgehead atoms. The molecule has 3 aliphatic heterocycles. The van der Waals surface area contributed by atoms with Gasteiger partial charge in [0.2, 0.25) is 0 Å². The number of aromatic nitrogens is 1. The molecular weight excluding hydrogens is 510 g/mol. The average Bonchev–Trinajstić information content (AvgIpc) is 3.36. The molecule has 3 N–H and O–H groups in total. The number of fused-ring (bicyclic) bond motifs is 2. The van der Waals surface area contributed by atoms with E-state index < -0.39 is 51.5 Å². The Hall–Kier alpha value is -3.01. The fourth-order valence-corrected chi connectivity index (χ4v) is 5.40. The number of amides is 4. The van der Waals surface area contributed by atoms with Gasteiger partial charge in [0.05, 0.1) is 18.2 Å². The topological polar surface area (TPSA) is 179 Å². The summed E-state index contributed by atoms with van der Waals surface area (Å²) in [6.45, 7) is 6.11. The van der Waals surface area contributed by atoms with E-state index in [2.05, 4.69) is 14.7 Å². The van der Waals surface area contributed by atoms with Crippen molar-refractivity contribution in [3.8, 4) is 0 Å². The molecule has 0 aliphatic carbocycles. The van der Waals surface area contributed by atoms with Crippen LogP contribution < -0.4 is 5.48 Å². The lowest BCUT2D eigenvalue weighted by molar-refractivity contribution is -0.145. The number of hydrogen-bond acceptors (Lipinski definition) is 8. The van der Waals surface area contributed by atoms with Crippen LogP contribution in [0.5, 0.6) is 0 Å². The fourth-order valence-electron chi connectivity index (χ4n) is 5.02. The van der Waals surface area contributed by atoms with Crippen LogP contribution in [-0.4, -0.2) is 93.3 Å². The van der Waals surface area contributed by atoms with Gasteiger partial charge in [-0.05, 0) is 43.2 Å². The van der Waals surface area contributed by atoms with E-state index in [9.17, 15) is 27.9 Å². The minimum atomic E-state index is -4.87. The van der Waals surface area contributed by atoms with Gasteiger partial charge in [-0.2, -0.15) is 13.5 Å². The summed E-state index contributed by atoms with van der Waals surface area (Å²) < 4.78 is 35.1. The van der Waals surface area contributed by atoms with Gasteiger partial charge in [-0.15, -0.1) is 4.28 Å². The predicted molar refractivity (Wildman–Crippen MR) is 128 cm³/mol. The second-order valence-corrected chi connectivity index (χ2v) is 11.1. The van der Waals surface area contributed by atoms with Crippen LogP contribution in [0.4, 0.5) is 9.59 Å². The molecule has 14 nitrogen and oxygen atoms in total. The smallest absolute Gasteiger partial charge is 0.418 e. The third-order valence-electron chi connectivity index (χ3n) is 6.97. The number of nitrogens with zero attached hydrogens (tertiary/aromatic N) is 4. The van der Waals surface area contributed by atoms with E-state index >= 15 is 0 Å². The minimum Gasteiger partial charge on any atom is -0.465 e. The molecule has 15 heteroatoms. The van der Waals surface area contributed by atoms with E-state index in [0.717, 1.165) is 4.90 Å². The largest absolute Gasteiger partial charge is 0.465 e. The predicted octanol–water partition coefficient (Wildman–Crippen LogP) is 1.68. The Morgan fingerprint density at radius 3 is 2.41 bits per heavy atom. The molecule has 0 radical (unpaired) electrons. The highest BCUT2D eigenvalue weighted by Gasteiger charge is 2.53. The Morgan fingerprint density at radius 1 is 1.22 bits per heavy atom. The fraction of sp³-hybridized carbons (Fsp3) is 0.636. The molecule has 4 amide bonds. The normalized spacial score (nSPS) is 25.5. The minimum absolute atomic E-state index is 0.0597. The third-order valence-corrected chi connectivity index (χ3v) is 7.31. The molecule has 1 aromatic rings. The van der Waals surface area contributed by atoms with Gasteiger partial charge in [-0.25, -0.2) is 15.1 Å². The molecule has 0 unspecified atom stereocenters. The van der Waals surface area contributed by atoms with Crippen molar-refractivity contribution in [2.75, 3.05) is 19.7 Å². The summed E-state index contributed by atoms with van der Waals surface area (Å²) in [5, 5.41) is 10.1. The number of carbonyl (C=O) groups is 3. The van der Waals surface area contributed by atoms with Crippen molar-refractivity contribution in [3.05, 3.63) is 30.6 Å². The van der Waals surface area contributed by atoms with Crippen molar-refractivity contribution in [2.24, 2.45) is 5.41 Å². The van der Waals surface area contributed by atoms with Gasteiger partial charge >= 0.3 is 22.5 Å². The monoisotopic (exact) mass is 543 g/mol. The van der Waals surface area contributed by atoms with Crippen LogP contribution in [0.25, 0.3) is 0 Å². The first-order valence-corrected chi connectivity index (χ1v) is 13.2. The summed E-state index contributed by atoms with van der Waals surface area (Å²) in [5.41, 5.74) is 1.04. The molecule has 4 heterocycles. The standard InChI is InChI=1S/C17H28N4O9S.C5H5N/c1-16(2,3)17(7-4-8-20(17)15(24)25)10-29-18-13(22)12-6-5-11-9-19(12)14(23)21(11)30-31(26,27)28;1-2-4-6-5-3-1/h11-12H,4-10H2,1-3H3,(H,18,22)(H,24,25)(H,26,27,28);1-5H/t11-,12+,17-;/m1./s1. The maximum absolute atomic E-state index is 12.7. The van der Waals surface area contributed by atoms with E-state index in [1.165, 1.54) is 4.90 Å². The summed E-state index contributed by atoms with van der Waals surface area (Å²) in [5.74, 6) is -0.607. The zero-order valence-electron chi connectivity index (χ0n) is 20.9. The summed E-state index contributed by atoms with van der Waals surface area (Å²) in [6.07, 6.45) is 4.23. The lowest BCUT2D eigenvalue weighted by atomic mass is 9.72. The SMILES string of the molecule is CC(C)(C)[C@]1(CONC(=O)[C@@H]2CC[C@@H]3CN2C(=O)N3OS(=O)(=O)O)CCCN1C(=O)O.c1ccncc1. The Balaban J connectivity index is 0.000000555. The maximum Gasteiger partial charge on any atom is 0.418 e. The van der Waals surface area contributed by atoms with Crippen molar-refractivity contribution in [1.29, 1.82) is 0 Å². The highest BCUT2D eigenvalue weighted by molar-refractivity contribution is 7.80. The van der Waals surface area contributed by atoms with Crippen molar-refractivity contribution >= 4 is 28.4 Å². The highest BCUT2D eigenvalue weighted by Crippen LogP contribution is 2.44. The second kappa shape index (κ2) is 11.2. The van der Waals surface area contributed by atoms with Crippen molar-refractivity contribution < 1.29 is 41.6 Å². The first-order valence-electron chi connectivity index (χ1n) is 11.8. The number of piperidine rings is 1. The number of hydrogen-bond donors (Lipinski definition) is 3. The van der Waals surface area contributed by atoms with Gasteiger partial charge in [0.1, 0.15) is 6.04 Å². The Morgan fingerprint density at radius 2 is 1.89 bits per heavy atom. The zero-order valence-corrected chi connectivity index (χ0v) is 21.8. The average molecular weight is 544 g/mol. The van der Waals surface area contributed by atoms with Gasteiger partial charge in [0.15, 0.2) is 0 Å². The lowest BCUT2D eigenvalue weighted by Gasteiger charge is -2.46. The molecule has 0 saturated carbocycles. The summed E-state index contributed by atoms with van der Waals surface area (Å²) in [7, 11) is -4.87. The molecule has 206 valence electrons. The van der Waals surface area contributed by atoms with Crippen LogP contribution in [0.15, 0.2) is 30.6 Å². The number of hydroxylamine groups is 3. The van der Waals surface area contributed by atoms with Crippen LogP contribution >= 0.6 is 0 Å². The van der Waals surface area contributed by atoms with Crippen molar-refractivity contribution in [3.63, 3.8) is 0 Å². The van der Waals surface area contributed by atoms with E-state index in [1.54, 1.807) is 12.4 Å². The Labute approximate surface area is 215 Å². The number of carboxylic acid groups (broad SMARTS) is 1. The van der Waals surface area contributed by atoms with E-state index in [4.69, 9.17) is 9.39 Å². The third kappa shape index (κ3) is 6.47. The zero-order chi connectivity index (χ0) is 27.4. The number of pyridine rings is 1. The molecule has 3 saturated heterocycles. The van der Waals surface area contributed by atoms with Gasteiger partial charge < -0.3 is 10.0 Å². The maximum atomic E-state index is 12.7. The summed E-state index contributed by atoms with van der Waals surface area (Å²) >= 11 is 0. The molecule has 1 aromatic heterocycles. The van der Waals surface area contributed by atoms with Crippen LogP contribution in [0.2, 0.25) is 0 Å². The van der Waals surface area contributed by atoms with E-state index in [1.807, 2.05) is 39.0 Å². The van der Waals surface area contributed by atoms with Crippen molar-refractivity contribution in [1.82, 2.24) is 25.3 Å². The molecule has 4 rings (SSSR count). The lowest BCUT2D eigenvalue weighted by Crippen LogP contribution is -2.59. The van der Waals surface area contributed by atoms with Crippen LogP contribution in [-0.2, 0) is 24.3 Å². The summed E-state index contributed by atoms with van der Waals surface area (Å²) in [4.78, 5) is 48.6. The van der Waals surface area contributed by atoms with Crippen LogP contribution in [0, 0.1) is 5.41 Å². The number of urea groups is 1. The molecule has 3 aliphatic rings. The van der Waals surface area contributed by atoms with Gasteiger partial charge in [0.25, 0.3) is 5.91 Å². The first kappa shape index (κ1) is 28.6. The second-order valence-electron chi connectivity index (χ2n) is 10.1. The molecular formula is C22H33N5O9S. The van der Waals surface area contributed by atoms with E-state index in [0.29, 0.717) is 24.4 Å². The molecule has 0 spiro atoms. The number of nitrogens with one attached hydrogen (secondary N) is 1. The number of rotatable bonds is 6. The molecule has 3 atom stereocenters. The molecule has 0 aromatic carbocycles. The van der Waals surface area contributed by atoms with Crippen LogP contribution in [0.3, 0.4) is 0 Å². The van der Waals surface area contributed by atoms with Crippen molar-refractivity contribution in [2.45, 2.75) is 64.1 Å². The Bertz CT molecular complexity index is 1060. The Kier molecular flexibility index (Phi) is 8.62. The highest BCUT2D eigenvalue weighted by atomic mass is 32.3.